The van der Waals surface area contributed by atoms with E-state index in [1.54, 1.807) is 13.8 Å². The number of esters is 2. The van der Waals surface area contributed by atoms with E-state index in [9.17, 15) is 9.59 Å². The second-order valence-corrected chi connectivity index (χ2v) is 8.49. The van der Waals surface area contributed by atoms with Gasteiger partial charge in [0.2, 0.25) is 0 Å². The summed E-state index contributed by atoms with van der Waals surface area (Å²) in [7, 11) is 0. The minimum atomic E-state index is -0.979. The van der Waals surface area contributed by atoms with Crippen LogP contribution in [0.1, 0.15) is 43.9 Å². The molecule has 0 aliphatic carbocycles. The number of hydrogen-bond donors (Lipinski definition) is 0. The summed E-state index contributed by atoms with van der Waals surface area (Å²) in [4.78, 5) is 25.0. The van der Waals surface area contributed by atoms with Crippen LogP contribution in [0.5, 0.6) is 0 Å². The maximum Gasteiger partial charge on any atom is 0.320 e. The Hall–Kier alpha value is -3.44. The van der Waals surface area contributed by atoms with Crippen molar-refractivity contribution in [2.45, 2.75) is 32.8 Å². The fourth-order valence-electron chi connectivity index (χ4n) is 4.28. The van der Waals surface area contributed by atoms with Crippen molar-refractivity contribution in [2.24, 2.45) is 11.8 Å². The summed E-state index contributed by atoms with van der Waals surface area (Å²) < 4.78 is 17.1. The van der Waals surface area contributed by atoms with Crippen LogP contribution in [-0.2, 0) is 29.4 Å². The molecule has 0 heterocycles. The molecule has 0 spiro atoms. The normalized spacial score (nSPS) is 12.2. The van der Waals surface area contributed by atoms with Crippen LogP contribution in [-0.4, -0.2) is 31.8 Å². The molecule has 184 valence electrons. The van der Waals surface area contributed by atoms with E-state index in [0.29, 0.717) is 6.61 Å². The van der Waals surface area contributed by atoms with Crippen LogP contribution in [0, 0.1) is 11.8 Å². The Morgan fingerprint density at radius 1 is 0.686 bits per heavy atom. The molecule has 0 aliphatic heterocycles. The highest BCUT2D eigenvalue weighted by molar-refractivity contribution is 5.94. The quantitative estimate of drug-likeness (QED) is 0.190. The molecule has 0 aliphatic rings. The van der Waals surface area contributed by atoms with Gasteiger partial charge in [-0.3, -0.25) is 9.59 Å². The smallest absolute Gasteiger partial charge is 0.320 e. The summed E-state index contributed by atoms with van der Waals surface area (Å²) >= 11 is 0. The molecule has 1 atom stereocenters. The Morgan fingerprint density at radius 2 is 1.06 bits per heavy atom. The molecule has 5 heteroatoms. The van der Waals surface area contributed by atoms with Gasteiger partial charge in [-0.2, -0.15) is 0 Å². The fraction of sp³-hybridized carbons (Fsp3) is 0.333. The van der Waals surface area contributed by atoms with Crippen molar-refractivity contribution >= 4 is 11.9 Å². The van der Waals surface area contributed by atoms with Gasteiger partial charge in [-0.15, -0.1) is 0 Å². The number of rotatable bonds is 12. The van der Waals surface area contributed by atoms with E-state index in [1.165, 1.54) is 0 Å². The van der Waals surface area contributed by atoms with E-state index < -0.39 is 23.5 Å². The van der Waals surface area contributed by atoms with Crippen molar-refractivity contribution in [2.75, 3.05) is 19.8 Å². The standard InChI is InChI=1S/C30H34O5/c1-4-33-28(31)27(29(32)34-5-2)21-23(3)22-35-30(24-15-9-6-10-16-24,25-17-11-7-12-18-25)26-19-13-8-14-20-26/h6-20,23,27H,4-5,21-22H2,1-3H3/t23-/m0/s1. The van der Waals surface area contributed by atoms with Crippen LogP contribution in [0.4, 0.5) is 0 Å². The molecule has 0 bridgehead atoms. The maximum absolute atomic E-state index is 12.5. The molecule has 0 saturated heterocycles. The molecule has 5 nitrogen and oxygen atoms in total. The van der Waals surface area contributed by atoms with Gasteiger partial charge in [0.25, 0.3) is 0 Å². The number of hydrogen-bond acceptors (Lipinski definition) is 5. The summed E-state index contributed by atoms with van der Waals surface area (Å²) in [6.07, 6.45) is 0.270. The van der Waals surface area contributed by atoms with Gasteiger partial charge in [0.15, 0.2) is 5.92 Å². The Balaban J connectivity index is 1.95. The zero-order chi connectivity index (χ0) is 25.1. The summed E-state index contributed by atoms with van der Waals surface area (Å²) in [6.45, 7) is 6.14. The summed E-state index contributed by atoms with van der Waals surface area (Å²) in [5.41, 5.74) is 2.13. The minimum absolute atomic E-state index is 0.121. The van der Waals surface area contributed by atoms with Crippen LogP contribution in [0.25, 0.3) is 0 Å². The van der Waals surface area contributed by atoms with Crippen LogP contribution < -0.4 is 0 Å². The molecule has 3 aromatic rings. The third-order valence-corrected chi connectivity index (χ3v) is 5.91. The first-order valence-electron chi connectivity index (χ1n) is 12.2. The first kappa shape index (κ1) is 26.2. The SMILES string of the molecule is CCOC(=O)C(C[C@H](C)COC(c1ccccc1)(c1ccccc1)c1ccccc1)C(=O)OCC. The molecule has 0 amide bonds. The lowest BCUT2D eigenvalue weighted by molar-refractivity contribution is -0.162. The average molecular weight is 475 g/mol. The monoisotopic (exact) mass is 474 g/mol. The molecule has 35 heavy (non-hydrogen) atoms. The van der Waals surface area contributed by atoms with Gasteiger partial charge >= 0.3 is 11.9 Å². The van der Waals surface area contributed by atoms with Crippen LogP contribution >= 0.6 is 0 Å². The highest BCUT2D eigenvalue weighted by Crippen LogP contribution is 2.41. The molecule has 0 radical (unpaired) electrons. The van der Waals surface area contributed by atoms with E-state index in [2.05, 4.69) is 36.4 Å². The molecule has 3 rings (SSSR count). The van der Waals surface area contributed by atoms with Crippen molar-refractivity contribution in [3.63, 3.8) is 0 Å². The van der Waals surface area contributed by atoms with Gasteiger partial charge in [0.1, 0.15) is 5.60 Å². The number of ether oxygens (including phenoxy) is 3. The number of carbonyl (C=O) groups excluding carboxylic acids is 2. The van der Waals surface area contributed by atoms with Crippen LogP contribution in [0.3, 0.4) is 0 Å². The third-order valence-electron chi connectivity index (χ3n) is 5.91. The van der Waals surface area contributed by atoms with E-state index in [1.807, 2.05) is 61.5 Å². The lowest BCUT2D eigenvalue weighted by atomic mass is 9.80. The van der Waals surface area contributed by atoms with Crippen molar-refractivity contribution in [1.29, 1.82) is 0 Å². The molecule has 3 aromatic carbocycles. The molecule has 0 unspecified atom stereocenters. The lowest BCUT2D eigenvalue weighted by Gasteiger charge is -2.37. The van der Waals surface area contributed by atoms with Crippen molar-refractivity contribution in [3.8, 4) is 0 Å². The van der Waals surface area contributed by atoms with Crippen LogP contribution in [0.15, 0.2) is 91.0 Å². The summed E-state index contributed by atoms with van der Waals surface area (Å²) in [5, 5.41) is 0. The Bertz CT molecular complexity index is 935. The molecular formula is C30H34O5. The summed E-state index contributed by atoms with van der Waals surface area (Å²) in [5.74, 6) is -2.21. The van der Waals surface area contributed by atoms with E-state index in [-0.39, 0.29) is 25.6 Å². The van der Waals surface area contributed by atoms with Crippen LogP contribution in [0.2, 0.25) is 0 Å². The fourth-order valence-corrected chi connectivity index (χ4v) is 4.28. The van der Waals surface area contributed by atoms with Gasteiger partial charge < -0.3 is 14.2 Å². The van der Waals surface area contributed by atoms with Gasteiger partial charge in [-0.1, -0.05) is 97.9 Å². The predicted octanol–water partition coefficient (Wildman–Crippen LogP) is 5.76. The van der Waals surface area contributed by atoms with Crippen molar-refractivity contribution in [1.82, 2.24) is 0 Å². The maximum atomic E-state index is 12.5. The average Bonchev–Trinajstić information content (AvgIpc) is 2.90. The molecular weight excluding hydrogens is 440 g/mol. The second kappa shape index (κ2) is 12.9. The van der Waals surface area contributed by atoms with Gasteiger partial charge in [0.05, 0.1) is 19.8 Å². The zero-order valence-corrected chi connectivity index (χ0v) is 20.7. The first-order valence-corrected chi connectivity index (χ1v) is 12.2. The first-order chi connectivity index (χ1) is 17.0. The highest BCUT2D eigenvalue weighted by Gasteiger charge is 2.38. The van der Waals surface area contributed by atoms with Gasteiger partial charge in [0, 0.05) is 0 Å². The zero-order valence-electron chi connectivity index (χ0n) is 20.7. The van der Waals surface area contributed by atoms with Crippen molar-refractivity contribution in [3.05, 3.63) is 108 Å². The van der Waals surface area contributed by atoms with Crippen molar-refractivity contribution < 1.29 is 23.8 Å². The minimum Gasteiger partial charge on any atom is -0.465 e. The highest BCUT2D eigenvalue weighted by atomic mass is 16.6. The van der Waals surface area contributed by atoms with E-state index >= 15 is 0 Å². The Labute approximate surface area is 208 Å². The summed E-state index contributed by atoms with van der Waals surface area (Å²) in [6, 6.07) is 30.3. The number of benzene rings is 3. The number of carbonyl (C=O) groups is 2. The Morgan fingerprint density at radius 3 is 1.40 bits per heavy atom. The largest absolute Gasteiger partial charge is 0.465 e. The molecule has 0 saturated carbocycles. The van der Waals surface area contributed by atoms with Gasteiger partial charge in [-0.05, 0) is 42.9 Å². The van der Waals surface area contributed by atoms with E-state index in [0.717, 1.165) is 16.7 Å². The lowest BCUT2D eigenvalue weighted by Crippen LogP contribution is -2.36. The molecule has 0 N–H and O–H groups in total. The molecule has 0 aromatic heterocycles. The van der Waals surface area contributed by atoms with E-state index in [4.69, 9.17) is 14.2 Å². The second-order valence-electron chi connectivity index (χ2n) is 8.49. The third kappa shape index (κ3) is 6.37. The molecule has 0 fully saturated rings. The Kier molecular flexibility index (Phi) is 9.62. The van der Waals surface area contributed by atoms with Gasteiger partial charge in [-0.25, -0.2) is 0 Å². The topological polar surface area (TPSA) is 61.8 Å². The predicted molar refractivity (Wildman–Crippen MR) is 136 cm³/mol.